The van der Waals surface area contributed by atoms with Gasteiger partial charge in [0, 0.05) is 207 Å². The van der Waals surface area contributed by atoms with Gasteiger partial charge in [0.25, 0.3) is 0 Å². The van der Waals surface area contributed by atoms with E-state index in [-0.39, 0.29) is 312 Å². The minimum absolute atomic E-state index is 0. The van der Waals surface area contributed by atoms with Crippen molar-refractivity contribution < 1.29 is 0 Å². The molecule has 0 N–H and O–H groups in total. The first-order chi connectivity index (χ1) is 0. The Balaban J connectivity index is 0. The molecule has 0 aliphatic rings. The van der Waals surface area contributed by atoms with E-state index in [9.17, 15) is 0 Å². The molecule has 0 unspecified atom stereocenters. The Morgan fingerprint density at radius 2 is 0.143 bits per heavy atom. The third kappa shape index (κ3) is 95.8. The van der Waals surface area contributed by atoms with Gasteiger partial charge >= 0.3 is 106 Å². The van der Waals surface area contributed by atoms with Gasteiger partial charge in [-0.2, -0.15) is 0 Å². The fourth-order valence-electron chi connectivity index (χ4n) is 0. The molecule has 0 saturated carbocycles. The maximum absolute atomic E-state index is 0. The summed E-state index contributed by atoms with van der Waals surface area (Å²) in [5.41, 5.74) is 0. The molecule has 0 amide bonds. The second-order valence-corrected chi connectivity index (χ2v) is 0. The van der Waals surface area contributed by atoms with Crippen LogP contribution >= 0.6 is 0 Å². The predicted molar refractivity (Wildman–Crippen MR) is 114 cm³/mol. The van der Waals surface area contributed by atoms with Gasteiger partial charge in [0.05, 0.1) is 0 Å². The van der Waals surface area contributed by atoms with Crippen molar-refractivity contribution >= 4 is 312 Å². The van der Waals surface area contributed by atoms with E-state index < -0.39 is 0 Å². The number of hydrogen-bond donors (Lipinski definition) is 0. The van der Waals surface area contributed by atoms with Gasteiger partial charge in [0.1, 0.15) is 0 Å². The van der Waals surface area contributed by atoms with Gasteiger partial charge in [0.2, 0.25) is 0 Å². The molecule has 0 fully saturated rings. The molecule has 0 rings (SSSR count). The van der Waals surface area contributed by atoms with Crippen LogP contribution in [0.3, 0.4) is 0 Å². The Kier molecular flexibility index (Phi) is 980. The van der Waals surface area contributed by atoms with Crippen LogP contribution in [0.1, 0.15) is 0 Å². The van der Waals surface area contributed by atoms with E-state index in [1.54, 1.807) is 0 Å². The van der Waals surface area contributed by atoms with Crippen molar-refractivity contribution in [3.8, 4) is 0 Å². The molecule has 0 aromatic heterocycles. The molecular formula is H24Ge6In8. The Morgan fingerprint density at radius 1 is 0.143 bits per heavy atom. The normalized spacial score (nSPS) is 0. The van der Waals surface area contributed by atoms with Crippen molar-refractivity contribution in [3.05, 3.63) is 0 Å². The standard InChI is InChI=1S/6GeH4.8In/h6*1H4;;;;;;;;. The summed E-state index contributed by atoms with van der Waals surface area (Å²) in [6.07, 6.45) is 0. The summed E-state index contributed by atoms with van der Waals surface area (Å²) in [5.74, 6) is 0. The van der Waals surface area contributed by atoms with E-state index in [0.29, 0.717) is 0 Å². The average Bonchev–Trinajstić information content (AvgIpc) is 0. The summed E-state index contributed by atoms with van der Waals surface area (Å²) >= 11 is 0. The first kappa shape index (κ1) is 125. The zero-order valence-electron chi connectivity index (χ0n) is 4.62. The van der Waals surface area contributed by atoms with Crippen molar-refractivity contribution in [1.82, 2.24) is 0 Å². The monoisotopic (exact) mass is 1390 g/mol. The van der Waals surface area contributed by atoms with Crippen LogP contribution in [-0.4, -0.2) is 312 Å². The number of hydrogen-bond acceptors (Lipinski definition) is 0. The second-order valence-electron chi connectivity index (χ2n) is 0. The fraction of sp³-hybridized carbons (Fsp3) is 0. The molecule has 72 valence electrons. The van der Waals surface area contributed by atoms with Crippen LogP contribution < -0.4 is 0 Å². The first-order valence-corrected chi connectivity index (χ1v) is 0. The topological polar surface area (TPSA) is 0 Å². The SMILES string of the molecule is [GeH4].[GeH4].[GeH4].[GeH4].[GeH4].[GeH4].[In].[In].[In].[In].[In].[In].[In].[In]. The van der Waals surface area contributed by atoms with Gasteiger partial charge < -0.3 is 0 Å². The molecule has 14 heavy (non-hydrogen) atoms. The second kappa shape index (κ2) is 110. The molecule has 0 spiro atoms. The van der Waals surface area contributed by atoms with Crippen LogP contribution in [-0.2, 0) is 0 Å². The predicted octanol–water partition coefficient (Wildman–Crippen LogP) is -11.8. The van der Waals surface area contributed by atoms with Gasteiger partial charge in [-0.05, 0) is 0 Å². The summed E-state index contributed by atoms with van der Waals surface area (Å²) in [6, 6.07) is 0. The Labute approximate surface area is 303 Å². The zero-order chi connectivity index (χ0) is 0. The Morgan fingerprint density at radius 3 is 0.143 bits per heavy atom. The van der Waals surface area contributed by atoms with Crippen molar-refractivity contribution in [2.24, 2.45) is 0 Å². The molecule has 0 aliphatic heterocycles. The van der Waals surface area contributed by atoms with Crippen LogP contribution in [0.2, 0.25) is 0 Å². The molecule has 0 nitrogen and oxygen atoms in total. The largest absolute Gasteiger partial charge is 0 e. The van der Waals surface area contributed by atoms with Crippen molar-refractivity contribution in [3.63, 3.8) is 0 Å². The third-order valence-electron chi connectivity index (χ3n) is 0. The quantitative estimate of drug-likeness (QED) is 0.212. The zero-order valence-corrected chi connectivity index (χ0v) is 31.0. The number of rotatable bonds is 0. The molecule has 0 aromatic carbocycles. The van der Waals surface area contributed by atoms with Crippen LogP contribution in [0.25, 0.3) is 0 Å². The first-order valence-electron chi connectivity index (χ1n) is 0. The molecule has 0 atom stereocenters. The van der Waals surface area contributed by atoms with Crippen molar-refractivity contribution in [2.45, 2.75) is 0 Å². The Hall–Kier alpha value is 10.2. The fourth-order valence-corrected chi connectivity index (χ4v) is 0. The van der Waals surface area contributed by atoms with E-state index in [4.69, 9.17) is 0 Å². The van der Waals surface area contributed by atoms with Crippen LogP contribution in [0.4, 0.5) is 0 Å². The van der Waals surface area contributed by atoms with E-state index in [2.05, 4.69) is 0 Å². The van der Waals surface area contributed by atoms with Crippen molar-refractivity contribution in [2.75, 3.05) is 0 Å². The maximum Gasteiger partial charge on any atom is 0 e. The van der Waals surface area contributed by atoms with Crippen molar-refractivity contribution in [1.29, 1.82) is 0 Å². The van der Waals surface area contributed by atoms with Crippen LogP contribution in [0.5, 0.6) is 0 Å². The summed E-state index contributed by atoms with van der Waals surface area (Å²) in [4.78, 5) is 0. The van der Waals surface area contributed by atoms with Gasteiger partial charge in [0.15, 0.2) is 0 Å². The van der Waals surface area contributed by atoms with E-state index >= 15 is 0 Å². The summed E-state index contributed by atoms with van der Waals surface area (Å²) in [6.45, 7) is 0. The van der Waals surface area contributed by atoms with Crippen LogP contribution in [0, 0.1) is 0 Å². The summed E-state index contributed by atoms with van der Waals surface area (Å²) in [7, 11) is 0. The van der Waals surface area contributed by atoms with E-state index in [0.717, 1.165) is 0 Å². The summed E-state index contributed by atoms with van der Waals surface area (Å²) in [5, 5.41) is 0. The maximum atomic E-state index is 0. The third-order valence-corrected chi connectivity index (χ3v) is 0. The molecule has 0 bridgehead atoms. The summed E-state index contributed by atoms with van der Waals surface area (Å²) < 4.78 is 0. The molecular weight excluding hydrogens is 1350 g/mol. The molecule has 0 aromatic rings. The molecule has 0 aliphatic carbocycles. The minimum Gasteiger partial charge on any atom is 0 e. The van der Waals surface area contributed by atoms with Gasteiger partial charge in [-0.25, -0.2) is 0 Å². The van der Waals surface area contributed by atoms with E-state index in [1.807, 2.05) is 0 Å². The molecule has 24 radical (unpaired) electrons. The van der Waals surface area contributed by atoms with Gasteiger partial charge in [-0.1, -0.05) is 0 Å². The molecule has 14 heteroatoms. The molecule has 0 heterocycles. The smallest absolute Gasteiger partial charge is 0 e. The Bertz CT molecular complexity index is 13.8. The van der Waals surface area contributed by atoms with E-state index in [1.165, 1.54) is 0 Å². The van der Waals surface area contributed by atoms with Crippen LogP contribution in [0.15, 0.2) is 0 Å². The minimum atomic E-state index is 0. The molecule has 0 saturated heterocycles. The average molecular weight is 1380 g/mol. The van der Waals surface area contributed by atoms with Gasteiger partial charge in [-0.15, -0.1) is 0 Å². The van der Waals surface area contributed by atoms with Gasteiger partial charge in [-0.3, -0.25) is 0 Å².